The van der Waals surface area contributed by atoms with Crippen LogP contribution in [0.25, 0.3) is 11.3 Å². The van der Waals surface area contributed by atoms with Gasteiger partial charge in [0.15, 0.2) is 0 Å². The summed E-state index contributed by atoms with van der Waals surface area (Å²) in [4.78, 5) is 19.4. The molecule has 1 amide bonds. The van der Waals surface area contributed by atoms with Gasteiger partial charge < -0.3 is 4.52 Å². The van der Waals surface area contributed by atoms with Gasteiger partial charge in [0.2, 0.25) is 11.8 Å². The molecule has 126 valence electrons. The SMILES string of the molecule is CCN1CC2(C(=O)Nc3cc(-c4cccnc4)no3)CCC1CC2. The second kappa shape index (κ2) is 6.02. The Hall–Kier alpha value is -2.21. The molecule has 6 heteroatoms. The van der Waals surface area contributed by atoms with Gasteiger partial charge in [0.1, 0.15) is 5.69 Å². The van der Waals surface area contributed by atoms with Crippen molar-refractivity contribution in [3.05, 3.63) is 30.6 Å². The van der Waals surface area contributed by atoms with Gasteiger partial charge in [0, 0.05) is 36.6 Å². The number of piperidine rings is 2. The van der Waals surface area contributed by atoms with Crippen LogP contribution in [-0.2, 0) is 4.79 Å². The van der Waals surface area contributed by atoms with Gasteiger partial charge in [-0.1, -0.05) is 12.1 Å². The van der Waals surface area contributed by atoms with E-state index < -0.39 is 0 Å². The van der Waals surface area contributed by atoms with E-state index in [2.05, 4.69) is 27.3 Å². The fourth-order valence-corrected chi connectivity index (χ4v) is 4.09. The van der Waals surface area contributed by atoms with Crippen molar-refractivity contribution >= 4 is 11.8 Å². The topological polar surface area (TPSA) is 71.3 Å². The molecule has 1 saturated carbocycles. The summed E-state index contributed by atoms with van der Waals surface area (Å²) in [5.41, 5.74) is 1.26. The van der Waals surface area contributed by atoms with Crippen LogP contribution in [0.5, 0.6) is 0 Å². The Morgan fingerprint density at radius 3 is 3.00 bits per heavy atom. The second-order valence-corrected chi connectivity index (χ2v) is 6.85. The zero-order valence-corrected chi connectivity index (χ0v) is 13.9. The van der Waals surface area contributed by atoms with Crippen molar-refractivity contribution in [3.8, 4) is 11.3 Å². The van der Waals surface area contributed by atoms with Crippen molar-refractivity contribution in [2.24, 2.45) is 5.41 Å². The molecule has 0 aromatic carbocycles. The zero-order chi connectivity index (χ0) is 16.6. The minimum Gasteiger partial charge on any atom is -0.338 e. The quantitative estimate of drug-likeness (QED) is 0.935. The molecule has 2 bridgehead atoms. The van der Waals surface area contributed by atoms with Crippen LogP contribution in [0.15, 0.2) is 35.1 Å². The molecule has 6 nitrogen and oxygen atoms in total. The molecule has 2 aromatic heterocycles. The van der Waals surface area contributed by atoms with Crippen LogP contribution in [-0.4, -0.2) is 40.1 Å². The summed E-state index contributed by atoms with van der Waals surface area (Å²) in [5, 5.41) is 6.98. The number of anilines is 1. The van der Waals surface area contributed by atoms with E-state index in [1.54, 1.807) is 18.5 Å². The van der Waals surface area contributed by atoms with E-state index in [1.165, 1.54) is 0 Å². The van der Waals surface area contributed by atoms with Gasteiger partial charge in [-0.2, -0.15) is 0 Å². The predicted octanol–water partition coefficient (Wildman–Crippen LogP) is 2.94. The Kier molecular flexibility index (Phi) is 3.84. The number of nitrogens with one attached hydrogen (secondary N) is 1. The van der Waals surface area contributed by atoms with Crippen molar-refractivity contribution in [3.63, 3.8) is 0 Å². The molecule has 1 aliphatic carbocycles. The first kappa shape index (κ1) is 15.3. The lowest BCUT2D eigenvalue weighted by Gasteiger charge is -2.51. The maximum atomic E-state index is 12.9. The molecule has 0 radical (unpaired) electrons. The predicted molar refractivity (Wildman–Crippen MR) is 90.3 cm³/mol. The first-order valence-corrected chi connectivity index (χ1v) is 8.63. The minimum absolute atomic E-state index is 0.0630. The average molecular weight is 326 g/mol. The van der Waals surface area contributed by atoms with Gasteiger partial charge >= 0.3 is 0 Å². The number of carbonyl (C=O) groups is 1. The summed E-state index contributed by atoms with van der Waals surface area (Å²) in [7, 11) is 0. The van der Waals surface area contributed by atoms with E-state index in [9.17, 15) is 4.79 Å². The summed E-state index contributed by atoms with van der Waals surface area (Å²) >= 11 is 0. The molecular formula is C18H22N4O2. The first-order chi connectivity index (χ1) is 11.7. The number of hydrogen-bond acceptors (Lipinski definition) is 5. The number of hydrogen-bond donors (Lipinski definition) is 1. The van der Waals surface area contributed by atoms with Gasteiger partial charge in [0.05, 0.1) is 5.41 Å². The van der Waals surface area contributed by atoms with Crippen LogP contribution in [0.1, 0.15) is 32.6 Å². The highest BCUT2D eigenvalue weighted by Crippen LogP contribution is 2.45. The number of fused-ring (bicyclic) bond motifs is 3. The zero-order valence-electron chi connectivity index (χ0n) is 13.9. The Bertz CT molecular complexity index is 720. The molecule has 0 spiro atoms. The lowest BCUT2D eigenvalue weighted by atomic mass is 9.67. The highest BCUT2D eigenvalue weighted by atomic mass is 16.5. The second-order valence-electron chi connectivity index (χ2n) is 6.85. The summed E-state index contributed by atoms with van der Waals surface area (Å²) in [6.45, 7) is 4.03. The van der Waals surface area contributed by atoms with Crippen LogP contribution in [0.2, 0.25) is 0 Å². The van der Waals surface area contributed by atoms with Gasteiger partial charge in [-0.05, 0) is 44.4 Å². The highest BCUT2D eigenvalue weighted by Gasteiger charge is 2.49. The third kappa shape index (κ3) is 2.60. The molecular weight excluding hydrogens is 304 g/mol. The van der Waals surface area contributed by atoms with Gasteiger partial charge in [-0.25, -0.2) is 0 Å². The van der Waals surface area contributed by atoms with Crippen molar-refractivity contribution in [2.75, 3.05) is 18.4 Å². The fourth-order valence-electron chi connectivity index (χ4n) is 4.09. The summed E-state index contributed by atoms with van der Waals surface area (Å²) in [6.07, 6.45) is 7.58. The van der Waals surface area contributed by atoms with E-state index in [0.29, 0.717) is 17.6 Å². The smallest absolute Gasteiger partial charge is 0.234 e. The normalized spacial score (nSPS) is 26.5. The van der Waals surface area contributed by atoms with Crippen molar-refractivity contribution in [1.29, 1.82) is 0 Å². The number of amides is 1. The van der Waals surface area contributed by atoms with Crippen molar-refractivity contribution in [1.82, 2.24) is 15.0 Å². The Morgan fingerprint density at radius 2 is 2.29 bits per heavy atom. The Labute approximate surface area is 141 Å². The molecule has 24 heavy (non-hydrogen) atoms. The Balaban J connectivity index is 1.49. The summed E-state index contributed by atoms with van der Waals surface area (Å²) in [5.74, 6) is 0.469. The lowest BCUT2D eigenvalue weighted by Crippen LogP contribution is -2.58. The molecule has 3 fully saturated rings. The molecule has 2 aromatic rings. The molecule has 3 aliphatic rings. The monoisotopic (exact) mass is 326 g/mol. The number of rotatable bonds is 4. The first-order valence-electron chi connectivity index (χ1n) is 8.63. The van der Waals surface area contributed by atoms with Crippen LogP contribution < -0.4 is 5.32 Å². The molecule has 0 atom stereocenters. The average Bonchev–Trinajstić information content (AvgIpc) is 3.12. The van der Waals surface area contributed by atoms with Gasteiger partial charge in [-0.3, -0.25) is 20.0 Å². The molecule has 2 saturated heterocycles. The maximum absolute atomic E-state index is 12.9. The number of nitrogens with zero attached hydrogens (tertiary/aromatic N) is 3. The number of carbonyl (C=O) groups excluding carboxylic acids is 1. The number of aromatic nitrogens is 2. The third-order valence-electron chi connectivity index (χ3n) is 5.53. The van der Waals surface area contributed by atoms with Crippen LogP contribution in [0, 0.1) is 5.41 Å². The molecule has 4 heterocycles. The fraction of sp³-hybridized carbons (Fsp3) is 0.500. The largest absolute Gasteiger partial charge is 0.338 e. The van der Waals surface area contributed by atoms with Crippen LogP contribution in [0.4, 0.5) is 5.88 Å². The van der Waals surface area contributed by atoms with E-state index in [4.69, 9.17) is 4.52 Å². The lowest BCUT2D eigenvalue weighted by molar-refractivity contribution is -0.135. The molecule has 5 rings (SSSR count). The summed E-state index contributed by atoms with van der Waals surface area (Å²) < 4.78 is 5.31. The standard InChI is InChI=1S/C18H22N4O2/c1-2-22-12-18(7-5-14(22)6-8-18)17(23)20-16-10-15(21-24-16)13-4-3-9-19-11-13/h3-4,9-11,14H,2,5-8,12H2,1H3,(H,20,23). The van der Waals surface area contributed by atoms with Gasteiger partial charge in [-0.15, -0.1) is 0 Å². The molecule has 1 N–H and O–H groups in total. The van der Waals surface area contributed by atoms with Crippen molar-refractivity contribution < 1.29 is 9.32 Å². The maximum Gasteiger partial charge on any atom is 0.234 e. The van der Waals surface area contributed by atoms with Crippen molar-refractivity contribution in [2.45, 2.75) is 38.6 Å². The van der Waals surface area contributed by atoms with E-state index in [0.717, 1.165) is 44.3 Å². The van der Waals surface area contributed by atoms with E-state index in [-0.39, 0.29) is 11.3 Å². The van der Waals surface area contributed by atoms with Crippen LogP contribution >= 0.6 is 0 Å². The summed E-state index contributed by atoms with van der Waals surface area (Å²) in [6, 6.07) is 6.18. The van der Waals surface area contributed by atoms with E-state index in [1.807, 2.05) is 12.1 Å². The third-order valence-corrected chi connectivity index (χ3v) is 5.53. The van der Waals surface area contributed by atoms with E-state index >= 15 is 0 Å². The molecule has 0 unspecified atom stereocenters. The number of pyridine rings is 1. The molecule has 2 aliphatic heterocycles. The Morgan fingerprint density at radius 1 is 1.46 bits per heavy atom. The minimum atomic E-state index is -0.286. The van der Waals surface area contributed by atoms with Gasteiger partial charge in [0.25, 0.3) is 0 Å². The highest BCUT2D eigenvalue weighted by molar-refractivity contribution is 5.95. The van der Waals surface area contributed by atoms with Crippen LogP contribution in [0.3, 0.4) is 0 Å².